The quantitative estimate of drug-likeness (QED) is 0.390. The van der Waals surface area contributed by atoms with E-state index in [4.69, 9.17) is 18.5 Å². The predicted molar refractivity (Wildman–Crippen MR) is 85.0 cm³/mol. The van der Waals surface area contributed by atoms with Crippen LogP contribution in [0.2, 0.25) is 0 Å². The van der Waals surface area contributed by atoms with E-state index in [9.17, 15) is 14.2 Å². The number of esters is 2. The van der Waals surface area contributed by atoms with E-state index in [1.807, 2.05) is 0 Å². The fourth-order valence-corrected chi connectivity index (χ4v) is 4.87. The Labute approximate surface area is 135 Å². The summed E-state index contributed by atoms with van der Waals surface area (Å²) in [7, 11) is -3.29. The molecule has 0 aliphatic heterocycles. The molecular formula is C13H25O7PS. The zero-order chi connectivity index (χ0) is 17.0. The molecule has 0 unspecified atom stereocenters. The first-order valence-electron chi connectivity index (χ1n) is 7.24. The van der Waals surface area contributed by atoms with Crippen molar-refractivity contribution < 1.29 is 32.7 Å². The Hall–Kier alpha value is -0.560. The van der Waals surface area contributed by atoms with Gasteiger partial charge in [0.2, 0.25) is 0 Å². The molecule has 0 bridgehead atoms. The first-order valence-corrected chi connectivity index (χ1v) is 10.0. The Bertz CT molecular complexity index is 379. The second-order valence-electron chi connectivity index (χ2n) is 3.99. The zero-order valence-electron chi connectivity index (χ0n) is 13.5. The summed E-state index contributed by atoms with van der Waals surface area (Å²) >= 11 is 1.02. The lowest BCUT2D eigenvalue weighted by molar-refractivity contribution is -0.149. The molecule has 0 fully saturated rings. The third-order valence-electron chi connectivity index (χ3n) is 2.29. The number of ether oxygens (including phenoxy) is 2. The first kappa shape index (κ1) is 21.4. The van der Waals surface area contributed by atoms with Crippen LogP contribution >= 0.6 is 19.4 Å². The minimum Gasteiger partial charge on any atom is -0.466 e. The van der Waals surface area contributed by atoms with Crippen LogP contribution in [0.4, 0.5) is 0 Å². The molecule has 22 heavy (non-hydrogen) atoms. The van der Waals surface area contributed by atoms with Gasteiger partial charge in [0.05, 0.1) is 38.3 Å². The van der Waals surface area contributed by atoms with Gasteiger partial charge < -0.3 is 18.5 Å². The molecule has 0 amide bonds. The summed E-state index contributed by atoms with van der Waals surface area (Å²) in [6.07, 6.45) is -0.143. The van der Waals surface area contributed by atoms with Crippen LogP contribution in [0.3, 0.4) is 0 Å². The second kappa shape index (κ2) is 11.9. The van der Waals surface area contributed by atoms with Crippen molar-refractivity contribution in [2.75, 3.05) is 31.9 Å². The van der Waals surface area contributed by atoms with Gasteiger partial charge in [-0.3, -0.25) is 14.2 Å². The van der Waals surface area contributed by atoms with E-state index >= 15 is 0 Å². The fraction of sp³-hybridized carbons (Fsp3) is 0.846. The van der Waals surface area contributed by atoms with Gasteiger partial charge in [-0.15, -0.1) is 11.8 Å². The molecule has 0 heterocycles. The second-order valence-corrected chi connectivity index (χ2v) is 7.67. The molecule has 0 saturated carbocycles. The van der Waals surface area contributed by atoms with Gasteiger partial charge in [0, 0.05) is 0 Å². The van der Waals surface area contributed by atoms with Crippen molar-refractivity contribution >= 4 is 31.3 Å². The summed E-state index contributed by atoms with van der Waals surface area (Å²) in [5, 5.41) is -0.798. The molecule has 0 saturated heterocycles. The largest absolute Gasteiger partial charge is 0.466 e. The molecule has 130 valence electrons. The van der Waals surface area contributed by atoms with Crippen LogP contribution in [0.1, 0.15) is 34.1 Å². The number of hydrogen-bond donors (Lipinski definition) is 0. The van der Waals surface area contributed by atoms with E-state index in [-0.39, 0.29) is 38.3 Å². The average molecular weight is 356 g/mol. The normalized spacial score (nSPS) is 12.7. The van der Waals surface area contributed by atoms with Crippen LogP contribution < -0.4 is 0 Å². The highest BCUT2D eigenvalue weighted by atomic mass is 32.2. The summed E-state index contributed by atoms with van der Waals surface area (Å²) in [5.41, 5.74) is -0.0302. The molecular weight excluding hydrogens is 331 g/mol. The third-order valence-corrected chi connectivity index (χ3v) is 6.22. The molecule has 0 aromatic carbocycles. The molecule has 9 heteroatoms. The maximum atomic E-state index is 12.4. The van der Waals surface area contributed by atoms with Crippen molar-refractivity contribution in [1.82, 2.24) is 0 Å². The van der Waals surface area contributed by atoms with E-state index < -0.39 is 24.8 Å². The van der Waals surface area contributed by atoms with Crippen molar-refractivity contribution in [1.29, 1.82) is 0 Å². The van der Waals surface area contributed by atoms with Crippen LogP contribution in [0.15, 0.2) is 0 Å². The van der Waals surface area contributed by atoms with Crippen LogP contribution in [0, 0.1) is 0 Å². The topological polar surface area (TPSA) is 88.1 Å². The Morgan fingerprint density at radius 3 is 1.95 bits per heavy atom. The van der Waals surface area contributed by atoms with Gasteiger partial charge in [-0.1, -0.05) is 0 Å². The van der Waals surface area contributed by atoms with Crippen molar-refractivity contribution in [2.45, 2.75) is 39.4 Å². The lowest BCUT2D eigenvalue weighted by atomic mass is 10.3. The number of carbonyl (C=O) groups is 2. The highest BCUT2D eigenvalue weighted by Crippen LogP contribution is 2.51. The summed E-state index contributed by atoms with van der Waals surface area (Å²) in [6.45, 7) is 7.68. The maximum absolute atomic E-state index is 12.4. The SMILES string of the molecule is CCOC(=O)C[C@@H](SCP(=O)(OCC)OCC)C(=O)OCC. The Balaban J connectivity index is 4.77. The van der Waals surface area contributed by atoms with Gasteiger partial charge in [0.1, 0.15) is 5.25 Å². The zero-order valence-corrected chi connectivity index (χ0v) is 15.2. The van der Waals surface area contributed by atoms with E-state index in [1.165, 1.54) is 0 Å². The number of rotatable bonds is 12. The lowest BCUT2D eigenvalue weighted by Crippen LogP contribution is -2.25. The van der Waals surface area contributed by atoms with Crippen molar-refractivity contribution in [2.24, 2.45) is 0 Å². The maximum Gasteiger partial charge on any atom is 0.340 e. The molecule has 1 atom stereocenters. The fourth-order valence-electron chi connectivity index (χ4n) is 1.50. The Morgan fingerprint density at radius 2 is 1.50 bits per heavy atom. The van der Waals surface area contributed by atoms with Gasteiger partial charge in [0.15, 0.2) is 0 Å². The van der Waals surface area contributed by atoms with Crippen molar-refractivity contribution in [3.8, 4) is 0 Å². The molecule has 0 aliphatic rings. The molecule has 0 aromatic heterocycles. The highest BCUT2D eigenvalue weighted by Gasteiger charge is 2.30. The summed E-state index contributed by atoms with van der Waals surface area (Å²) in [6, 6.07) is 0. The lowest BCUT2D eigenvalue weighted by Gasteiger charge is -2.19. The van der Waals surface area contributed by atoms with E-state index in [2.05, 4.69) is 0 Å². The molecule has 0 aromatic rings. The van der Waals surface area contributed by atoms with Gasteiger partial charge in [-0.2, -0.15) is 0 Å². The van der Waals surface area contributed by atoms with Gasteiger partial charge in [-0.25, -0.2) is 0 Å². The molecule has 7 nitrogen and oxygen atoms in total. The summed E-state index contributed by atoms with van der Waals surface area (Å²) in [5.74, 6) is -1.05. The minimum absolute atomic E-state index is 0.0302. The van der Waals surface area contributed by atoms with Gasteiger partial charge >= 0.3 is 19.5 Å². The standard InChI is InChI=1S/C13H25O7PS/c1-5-17-12(14)9-11(13(15)18-6-2)22-10-21(16,19-7-3)20-8-4/h11H,5-10H2,1-4H3/t11-/m1/s1. The van der Waals surface area contributed by atoms with Crippen molar-refractivity contribution in [3.63, 3.8) is 0 Å². The minimum atomic E-state index is -3.29. The van der Waals surface area contributed by atoms with Crippen LogP contribution in [-0.2, 0) is 32.7 Å². The molecule has 0 spiro atoms. The summed E-state index contributed by atoms with van der Waals surface area (Å²) < 4.78 is 32.5. The van der Waals surface area contributed by atoms with Gasteiger partial charge in [-0.05, 0) is 27.7 Å². The number of carbonyl (C=O) groups excluding carboxylic acids is 2. The molecule has 0 rings (SSSR count). The average Bonchev–Trinajstić information content (AvgIpc) is 2.44. The van der Waals surface area contributed by atoms with E-state index in [1.54, 1.807) is 27.7 Å². The van der Waals surface area contributed by atoms with E-state index in [0.29, 0.717) is 0 Å². The molecule has 0 aliphatic carbocycles. The highest BCUT2D eigenvalue weighted by molar-refractivity contribution is 8.05. The summed E-state index contributed by atoms with van der Waals surface area (Å²) in [4.78, 5) is 23.5. The predicted octanol–water partition coefficient (Wildman–Crippen LogP) is 2.83. The molecule has 0 N–H and O–H groups in total. The van der Waals surface area contributed by atoms with Crippen molar-refractivity contribution in [3.05, 3.63) is 0 Å². The number of thioether (sulfide) groups is 1. The van der Waals surface area contributed by atoms with Crippen LogP contribution in [0.5, 0.6) is 0 Å². The van der Waals surface area contributed by atoms with E-state index in [0.717, 1.165) is 11.8 Å². The smallest absolute Gasteiger partial charge is 0.340 e. The van der Waals surface area contributed by atoms with Gasteiger partial charge in [0.25, 0.3) is 0 Å². The van der Waals surface area contributed by atoms with Crippen LogP contribution in [0.25, 0.3) is 0 Å². The van der Waals surface area contributed by atoms with Crippen LogP contribution in [-0.4, -0.2) is 49.1 Å². The Kier molecular flexibility index (Phi) is 11.6. The third kappa shape index (κ3) is 8.78. The first-order chi connectivity index (χ1) is 10.4. The molecule has 0 radical (unpaired) electrons. The Morgan fingerprint density at radius 1 is 0.955 bits per heavy atom. The monoisotopic (exact) mass is 356 g/mol. The number of hydrogen-bond acceptors (Lipinski definition) is 8.